The molecule has 0 atom stereocenters. The van der Waals surface area contributed by atoms with Crippen molar-refractivity contribution in [3.63, 3.8) is 0 Å². The molecule has 0 aliphatic heterocycles. The summed E-state index contributed by atoms with van der Waals surface area (Å²) in [5.41, 5.74) is 5.78. The SMILES string of the molecule is Cc1cccc(CNS(=O)(=O)c2cc(-c3nn(C)c(=O)c4c3CCCC4)ccc2C)c1. The van der Waals surface area contributed by atoms with Crippen LogP contribution in [0.4, 0.5) is 0 Å². The molecule has 1 heterocycles. The molecule has 7 heteroatoms. The van der Waals surface area contributed by atoms with Crippen LogP contribution in [0.3, 0.4) is 0 Å². The minimum atomic E-state index is -3.72. The van der Waals surface area contributed by atoms with E-state index in [2.05, 4.69) is 9.82 Å². The number of hydrogen-bond acceptors (Lipinski definition) is 4. The highest BCUT2D eigenvalue weighted by molar-refractivity contribution is 7.89. The van der Waals surface area contributed by atoms with Gasteiger partial charge in [0.1, 0.15) is 0 Å². The summed E-state index contributed by atoms with van der Waals surface area (Å²) in [5, 5.41) is 4.50. The van der Waals surface area contributed by atoms with E-state index in [9.17, 15) is 13.2 Å². The number of rotatable bonds is 5. The van der Waals surface area contributed by atoms with Crippen LogP contribution >= 0.6 is 0 Å². The van der Waals surface area contributed by atoms with Crippen molar-refractivity contribution in [2.24, 2.45) is 7.05 Å². The maximum Gasteiger partial charge on any atom is 0.269 e. The van der Waals surface area contributed by atoms with Crippen molar-refractivity contribution in [2.75, 3.05) is 0 Å². The fourth-order valence-electron chi connectivity index (χ4n) is 4.20. The standard InChI is InChI=1S/C24H27N3O3S/c1-16-7-6-8-18(13-16)15-25-31(29,30)22-14-19(12-11-17(22)2)23-20-9-4-5-10-21(20)24(28)27(3)26-23/h6-8,11-14,25H,4-5,9-10,15H2,1-3H3. The zero-order valence-corrected chi connectivity index (χ0v) is 18.9. The van der Waals surface area contributed by atoms with Gasteiger partial charge in [-0.3, -0.25) is 4.79 Å². The number of nitrogens with one attached hydrogen (secondary N) is 1. The predicted molar refractivity (Wildman–Crippen MR) is 121 cm³/mol. The predicted octanol–water partition coefficient (Wildman–Crippen LogP) is 3.42. The van der Waals surface area contributed by atoms with E-state index in [0.717, 1.165) is 53.5 Å². The van der Waals surface area contributed by atoms with Crippen LogP contribution in [0.5, 0.6) is 0 Å². The van der Waals surface area contributed by atoms with Crippen LogP contribution in [0.1, 0.15) is 40.7 Å². The summed E-state index contributed by atoms with van der Waals surface area (Å²) in [7, 11) is -2.07. The third kappa shape index (κ3) is 4.34. The highest BCUT2D eigenvalue weighted by Gasteiger charge is 2.23. The number of hydrogen-bond donors (Lipinski definition) is 1. The number of sulfonamides is 1. The molecule has 0 saturated heterocycles. The van der Waals surface area contributed by atoms with Crippen LogP contribution in [-0.2, 0) is 36.5 Å². The summed E-state index contributed by atoms with van der Waals surface area (Å²) < 4.78 is 30.3. The van der Waals surface area contributed by atoms with E-state index >= 15 is 0 Å². The maximum absolute atomic E-state index is 13.1. The number of aromatic nitrogens is 2. The summed E-state index contributed by atoms with van der Waals surface area (Å²) in [6, 6.07) is 13.1. The van der Waals surface area contributed by atoms with Crippen LogP contribution in [0.15, 0.2) is 52.2 Å². The number of aryl methyl sites for hydroxylation is 3. The lowest BCUT2D eigenvalue weighted by molar-refractivity contribution is 0.580. The Morgan fingerprint density at radius 1 is 1.03 bits per heavy atom. The molecule has 1 aromatic heterocycles. The molecule has 1 N–H and O–H groups in total. The lowest BCUT2D eigenvalue weighted by Crippen LogP contribution is -2.28. The molecule has 0 radical (unpaired) electrons. The Morgan fingerprint density at radius 3 is 2.52 bits per heavy atom. The van der Waals surface area contributed by atoms with Gasteiger partial charge in [-0.2, -0.15) is 5.10 Å². The number of nitrogens with zero attached hydrogens (tertiary/aromatic N) is 2. The van der Waals surface area contributed by atoms with Crippen LogP contribution in [0.2, 0.25) is 0 Å². The van der Waals surface area contributed by atoms with E-state index < -0.39 is 10.0 Å². The van der Waals surface area contributed by atoms with E-state index in [1.807, 2.05) is 37.3 Å². The van der Waals surface area contributed by atoms with Gasteiger partial charge in [-0.15, -0.1) is 0 Å². The minimum Gasteiger partial charge on any atom is -0.268 e. The van der Waals surface area contributed by atoms with Gasteiger partial charge in [0, 0.05) is 24.7 Å². The molecule has 0 saturated carbocycles. The number of benzene rings is 2. The second kappa shape index (κ2) is 8.40. The van der Waals surface area contributed by atoms with Gasteiger partial charge in [0.15, 0.2) is 0 Å². The van der Waals surface area contributed by atoms with Crippen LogP contribution < -0.4 is 10.3 Å². The van der Waals surface area contributed by atoms with Gasteiger partial charge in [0.05, 0.1) is 10.6 Å². The molecular weight excluding hydrogens is 410 g/mol. The van der Waals surface area contributed by atoms with Crippen molar-refractivity contribution in [3.05, 3.63) is 80.6 Å². The second-order valence-electron chi connectivity index (χ2n) is 8.24. The summed E-state index contributed by atoms with van der Waals surface area (Å²) in [4.78, 5) is 12.7. The average Bonchev–Trinajstić information content (AvgIpc) is 2.75. The second-order valence-corrected chi connectivity index (χ2v) is 9.97. The van der Waals surface area contributed by atoms with E-state index in [-0.39, 0.29) is 17.0 Å². The first kappa shape index (κ1) is 21.5. The fraction of sp³-hybridized carbons (Fsp3) is 0.333. The average molecular weight is 438 g/mol. The first-order valence-electron chi connectivity index (χ1n) is 10.5. The Hall–Kier alpha value is -2.77. The quantitative estimate of drug-likeness (QED) is 0.663. The first-order valence-corrected chi connectivity index (χ1v) is 12.0. The van der Waals surface area contributed by atoms with Gasteiger partial charge in [-0.05, 0) is 62.3 Å². The zero-order chi connectivity index (χ0) is 22.2. The third-order valence-corrected chi connectivity index (χ3v) is 7.40. The summed E-state index contributed by atoms with van der Waals surface area (Å²) in [6.07, 6.45) is 3.52. The fourth-order valence-corrected chi connectivity index (χ4v) is 5.49. The monoisotopic (exact) mass is 437 g/mol. The van der Waals surface area contributed by atoms with Crippen LogP contribution in [0, 0.1) is 13.8 Å². The van der Waals surface area contributed by atoms with E-state index in [0.29, 0.717) is 11.3 Å². The largest absolute Gasteiger partial charge is 0.269 e. The van der Waals surface area contributed by atoms with Crippen molar-refractivity contribution >= 4 is 10.0 Å². The van der Waals surface area contributed by atoms with Crippen LogP contribution in [-0.4, -0.2) is 18.2 Å². The molecular formula is C24H27N3O3S. The topological polar surface area (TPSA) is 81.1 Å². The Kier molecular flexibility index (Phi) is 5.81. The Balaban J connectivity index is 1.73. The molecule has 0 bridgehead atoms. The van der Waals surface area contributed by atoms with Gasteiger partial charge in [0.25, 0.3) is 5.56 Å². The van der Waals surface area contributed by atoms with Crippen molar-refractivity contribution in [3.8, 4) is 11.3 Å². The van der Waals surface area contributed by atoms with E-state index in [4.69, 9.17) is 0 Å². The Bertz CT molecular complexity index is 1310. The Morgan fingerprint density at radius 2 is 1.77 bits per heavy atom. The highest BCUT2D eigenvalue weighted by Crippen LogP contribution is 2.30. The van der Waals surface area contributed by atoms with Crippen LogP contribution in [0.25, 0.3) is 11.3 Å². The molecule has 1 aliphatic rings. The first-order chi connectivity index (χ1) is 14.8. The molecule has 3 aromatic rings. The van der Waals surface area contributed by atoms with Crippen molar-refractivity contribution in [1.29, 1.82) is 0 Å². The van der Waals surface area contributed by atoms with Crippen molar-refractivity contribution < 1.29 is 8.42 Å². The smallest absolute Gasteiger partial charge is 0.268 e. The molecule has 6 nitrogen and oxygen atoms in total. The normalized spacial score (nSPS) is 13.8. The summed E-state index contributed by atoms with van der Waals surface area (Å²) in [6.45, 7) is 3.99. The van der Waals surface area contributed by atoms with Gasteiger partial charge in [-0.25, -0.2) is 17.8 Å². The molecule has 4 rings (SSSR count). The lowest BCUT2D eigenvalue weighted by atomic mass is 9.89. The molecule has 162 valence electrons. The molecule has 0 fully saturated rings. The van der Waals surface area contributed by atoms with Crippen molar-refractivity contribution in [1.82, 2.24) is 14.5 Å². The molecule has 1 aliphatic carbocycles. The van der Waals surface area contributed by atoms with Gasteiger partial charge in [0.2, 0.25) is 10.0 Å². The molecule has 2 aromatic carbocycles. The zero-order valence-electron chi connectivity index (χ0n) is 18.1. The maximum atomic E-state index is 13.1. The third-order valence-electron chi connectivity index (χ3n) is 5.86. The molecule has 31 heavy (non-hydrogen) atoms. The molecule has 0 spiro atoms. The lowest BCUT2D eigenvalue weighted by Gasteiger charge is -2.20. The highest BCUT2D eigenvalue weighted by atomic mass is 32.2. The van der Waals surface area contributed by atoms with Crippen molar-refractivity contribution in [2.45, 2.75) is 51.0 Å². The Labute approximate surface area is 183 Å². The van der Waals surface area contributed by atoms with Gasteiger partial charge in [-0.1, -0.05) is 42.0 Å². The molecule has 0 amide bonds. The number of fused-ring (bicyclic) bond motifs is 1. The van der Waals surface area contributed by atoms with Gasteiger partial charge < -0.3 is 0 Å². The summed E-state index contributed by atoms with van der Waals surface area (Å²) >= 11 is 0. The van der Waals surface area contributed by atoms with E-state index in [1.54, 1.807) is 26.1 Å². The van der Waals surface area contributed by atoms with E-state index in [1.165, 1.54) is 4.68 Å². The van der Waals surface area contributed by atoms with Gasteiger partial charge >= 0.3 is 0 Å². The summed E-state index contributed by atoms with van der Waals surface area (Å²) in [5.74, 6) is 0. The minimum absolute atomic E-state index is 0.0572. The molecule has 0 unspecified atom stereocenters.